The highest BCUT2D eigenvalue weighted by molar-refractivity contribution is 6.07. The molecule has 4 atom stereocenters. The minimum Gasteiger partial charge on any atom is -0.478 e. The van der Waals surface area contributed by atoms with Gasteiger partial charge >= 0.3 is 5.97 Å². The summed E-state index contributed by atoms with van der Waals surface area (Å²) in [6.07, 6.45) is 7.82. The maximum absolute atomic E-state index is 12.9. The first-order valence-corrected chi connectivity index (χ1v) is 10.0. The van der Waals surface area contributed by atoms with Crippen molar-refractivity contribution in [3.05, 3.63) is 59.9 Å². The number of fused-ring (bicyclic) bond motifs is 3. The number of nitrogens with zero attached hydrogens (tertiary/aromatic N) is 2. The van der Waals surface area contributed by atoms with E-state index < -0.39 is 5.97 Å². The number of amides is 2. The van der Waals surface area contributed by atoms with E-state index in [0.29, 0.717) is 17.1 Å². The number of hydrogen-bond donors (Lipinski definition) is 1. The molecule has 30 heavy (non-hydrogen) atoms. The topological polar surface area (TPSA) is 100 Å². The van der Waals surface area contributed by atoms with Crippen LogP contribution in [0.2, 0.25) is 0 Å². The Morgan fingerprint density at radius 1 is 1.10 bits per heavy atom. The number of imide groups is 1. The van der Waals surface area contributed by atoms with Crippen LogP contribution in [0.3, 0.4) is 0 Å². The van der Waals surface area contributed by atoms with Gasteiger partial charge in [-0.1, -0.05) is 24.3 Å². The van der Waals surface area contributed by atoms with Crippen LogP contribution in [0.5, 0.6) is 0 Å². The Hall–Kier alpha value is -3.48. The second-order valence-corrected chi connectivity index (χ2v) is 8.54. The van der Waals surface area contributed by atoms with Crippen molar-refractivity contribution in [2.75, 3.05) is 0 Å². The number of carboxylic acid groups (broad SMARTS) is 1. The number of allylic oxidation sites excluding steroid dienone is 2. The van der Waals surface area contributed by atoms with Gasteiger partial charge in [0.05, 0.1) is 23.6 Å². The molecule has 3 aliphatic carbocycles. The van der Waals surface area contributed by atoms with Crippen molar-refractivity contribution in [3.63, 3.8) is 0 Å². The minimum atomic E-state index is -1.02. The number of carbonyl (C=O) groups is 3. The summed E-state index contributed by atoms with van der Waals surface area (Å²) in [5.74, 6) is -0.816. The zero-order valence-corrected chi connectivity index (χ0v) is 15.9. The summed E-state index contributed by atoms with van der Waals surface area (Å²) in [5, 5.41) is 14.3. The van der Waals surface area contributed by atoms with Crippen LogP contribution in [-0.2, 0) is 9.59 Å². The van der Waals surface area contributed by atoms with Crippen LogP contribution in [-0.4, -0.2) is 34.1 Å². The van der Waals surface area contributed by atoms with Gasteiger partial charge in [0.1, 0.15) is 11.5 Å². The van der Waals surface area contributed by atoms with Crippen LogP contribution in [0, 0.1) is 29.1 Å². The van der Waals surface area contributed by atoms with Crippen LogP contribution < -0.4 is 0 Å². The molecule has 1 saturated heterocycles. The Kier molecular flexibility index (Phi) is 3.35. The number of rotatable bonds is 4. The quantitative estimate of drug-likeness (QED) is 0.481. The number of carbonyl (C=O) groups excluding carboxylic acids is 2. The minimum absolute atomic E-state index is 0.163. The van der Waals surface area contributed by atoms with Crippen molar-refractivity contribution < 1.29 is 23.9 Å². The fourth-order valence-electron chi connectivity index (χ4n) is 5.67. The predicted molar refractivity (Wildman–Crippen MR) is 105 cm³/mol. The van der Waals surface area contributed by atoms with Crippen molar-refractivity contribution in [1.29, 1.82) is 0 Å². The predicted octanol–water partition coefficient (Wildman–Crippen LogP) is 3.18. The van der Waals surface area contributed by atoms with E-state index in [2.05, 4.69) is 17.3 Å². The molecule has 1 aromatic carbocycles. The summed E-state index contributed by atoms with van der Waals surface area (Å²) in [7, 11) is 0. The van der Waals surface area contributed by atoms with Gasteiger partial charge in [-0.2, -0.15) is 10.1 Å². The summed E-state index contributed by atoms with van der Waals surface area (Å²) in [6.45, 7) is 0. The van der Waals surface area contributed by atoms with Crippen LogP contribution >= 0.6 is 0 Å². The van der Waals surface area contributed by atoms with Gasteiger partial charge in [0.15, 0.2) is 0 Å². The smallest absolute Gasteiger partial charge is 0.335 e. The van der Waals surface area contributed by atoms with E-state index in [4.69, 9.17) is 9.52 Å². The van der Waals surface area contributed by atoms with Gasteiger partial charge in [0, 0.05) is 5.56 Å². The average molecular weight is 402 g/mol. The molecule has 1 aromatic heterocycles. The van der Waals surface area contributed by atoms with Crippen molar-refractivity contribution >= 4 is 24.0 Å². The molecule has 1 spiro atoms. The molecule has 2 amide bonds. The lowest BCUT2D eigenvalue weighted by Gasteiger charge is -2.18. The zero-order chi connectivity index (χ0) is 20.6. The van der Waals surface area contributed by atoms with Gasteiger partial charge in [-0.25, -0.2) is 4.79 Å². The SMILES string of the molecule is O=C(O)c1cccc(-c2ccc(C=NN3C(=O)C4C(C3=O)C3C=CC4C34CC4)o2)c1. The highest BCUT2D eigenvalue weighted by Gasteiger charge is 2.73. The van der Waals surface area contributed by atoms with E-state index in [1.165, 1.54) is 18.3 Å². The van der Waals surface area contributed by atoms with Gasteiger partial charge in [0.25, 0.3) is 11.8 Å². The molecule has 2 saturated carbocycles. The van der Waals surface area contributed by atoms with Crippen LogP contribution in [0.4, 0.5) is 0 Å². The summed E-state index contributed by atoms with van der Waals surface area (Å²) in [5.41, 5.74) is 0.946. The van der Waals surface area contributed by atoms with Gasteiger partial charge < -0.3 is 9.52 Å². The molecule has 4 aliphatic rings. The van der Waals surface area contributed by atoms with Crippen molar-refractivity contribution in [3.8, 4) is 11.3 Å². The monoisotopic (exact) mass is 402 g/mol. The number of furan rings is 1. The van der Waals surface area contributed by atoms with Gasteiger partial charge in [-0.05, 0) is 54.4 Å². The molecule has 6 rings (SSSR count). The van der Waals surface area contributed by atoms with E-state index in [9.17, 15) is 14.4 Å². The van der Waals surface area contributed by atoms with Gasteiger partial charge in [-0.3, -0.25) is 9.59 Å². The first kappa shape index (κ1) is 17.4. The van der Waals surface area contributed by atoms with E-state index in [1.807, 2.05) is 0 Å². The van der Waals surface area contributed by atoms with Crippen LogP contribution in [0.15, 0.2) is 58.1 Å². The third kappa shape index (κ3) is 2.20. The first-order valence-electron chi connectivity index (χ1n) is 10.0. The lowest BCUT2D eigenvalue weighted by atomic mass is 9.85. The molecule has 3 fully saturated rings. The zero-order valence-electron chi connectivity index (χ0n) is 15.9. The molecule has 1 N–H and O–H groups in total. The lowest BCUT2D eigenvalue weighted by Crippen LogP contribution is -2.30. The van der Waals surface area contributed by atoms with Crippen molar-refractivity contribution in [2.45, 2.75) is 12.8 Å². The van der Waals surface area contributed by atoms with Gasteiger partial charge in [0.2, 0.25) is 0 Å². The largest absolute Gasteiger partial charge is 0.478 e. The Bertz CT molecular complexity index is 1140. The molecule has 2 aromatic rings. The van der Waals surface area contributed by atoms with E-state index in [0.717, 1.165) is 17.9 Å². The first-order chi connectivity index (χ1) is 14.5. The number of hydrazone groups is 1. The maximum Gasteiger partial charge on any atom is 0.335 e. The van der Waals surface area contributed by atoms with E-state index >= 15 is 0 Å². The molecule has 1 aliphatic heterocycles. The fraction of sp³-hybridized carbons (Fsp3) is 0.304. The number of carboxylic acids is 1. The molecule has 2 bridgehead atoms. The number of aromatic carboxylic acids is 1. The van der Waals surface area contributed by atoms with E-state index in [-0.39, 0.29) is 46.5 Å². The second kappa shape index (κ2) is 5.78. The summed E-state index contributed by atoms with van der Waals surface area (Å²) in [4.78, 5) is 37.0. The van der Waals surface area contributed by atoms with Crippen LogP contribution in [0.25, 0.3) is 11.3 Å². The van der Waals surface area contributed by atoms with Crippen molar-refractivity contribution in [2.24, 2.45) is 34.2 Å². The molecule has 7 nitrogen and oxygen atoms in total. The van der Waals surface area contributed by atoms with Crippen molar-refractivity contribution in [1.82, 2.24) is 5.01 Å². The van der Waals surface area contributed by atoms with Gasteiger partial charge in [-0.15, -0.1) is 0 Å². The van der Waals surface area contributed by atoms with Crippen LogP contribution in [0.1, 0.15) is 29.0 Å². The average Bonchev–Trinajstić information content (AvgIpc) is 3.03. The second-order valence-electron chi connectivity index (χ2n) is 8.54. The number of benzene rings is 1. The number of hydrogen-bond acceptors (Lipinski definition) is 5. The molecule has 150 valence electrons. The molecule has 4 unspecified atom stereocenters. The highest BCUT2D eigenvalue weighted by Crippen LogP contribution is 2.73. The maximum atomic E-state index is 12.9. The highest BCUT2D eigenvalue weighted by atomic mass is 16.4. The molecule has 0 radical (unpaired) electrons. The Morgan fingerprint density at radius 2 is 1.80 bits per heavy atom. The third-order valence-electron chi connectivity index (χ3n) is 7.15. The summed E-state index contributed by atoms with van der Waals surface area (Å²) in [6, 6.07) is 9.79. The fourth-order valence-corrected chi connectivity index (χ4v) is 5.67. The molecular weight excluding hydrogens is 384 g/mol. The molecule has 7 heteroatoms. The Morgan fingerprint density at radius 3 is 2.43 bits per heavy atom. The third-order valence-corrected chi connectivity index (χ3v) is 7.15. The Labute approximate surface area is 171 Å². The standard InChI is InChI=1S/C23H18N2O5/c26-20-18-15-5-6-16(23(15)8-9-23)19(18)21(27)25(20)24-11-14-4-7-17(30-14)12-2-1-3-13(10-12)22(28)29/h1-7,10-11,15-16,18-19H,8-9H2,(H,28,29). The summed E-state index contributed by atoms with van der Waals surface area (Å²) >= 11 is 0. The summed E-state index contributed by atoms with van der Waals surface area (Å²) < 4.78 is 5.72. The lowest BCUT2D eigenvalue weighted by molar-refractivity contribution is -0.141. The normalized spacial score (nSPS) is 30.1. The van der Waals surface area contributed by atoms with E-state index in [1.54, 1.807) is 24.3 Å². The Balaban J connectivity index is 1.23. The molecule has 2 heterocycles. The molecular formula is C23H18N2O5.